The molecule has 0 fully saturated rings. The number of hydrogen-bond acceptors (Lipinski definition) is 5. The molecule has 1 aliphatic carbocycles. The minimum atomic E-state index is -0.959. The number of fused-ring (bicyclic) bond motifs is 1. The van der Waals surface area contributed by atoms with Crippen LogP contribution in [0.2, 0.25) is 0 Å². The Hall–Kier alpha value is -2.41. The van der Waals surface area contributed by atoms with E-state index in [2.05, 4.69) is 23.5 Å². The van der Waals surface area contributed by atoms with Crippen molar-refractivity contribution in [3.63, 3.8) is 0 Å². The molecule has 1 aromatic carbocycles. The van der Waals surface area contributed by atoms with Crippen LogP contribution in [0.1, 0.15) is 42.2 Å². The third-order valence-corrected chi connectivity index (χ3v) is 5.44. The minimum Gasteiger partial charge on any atom is -0.395 e. The summed E-state index contributed by atoms with van der Waals surface area (Å²) in [6.45, 7) is 3.51. The molecule has 1 heterocycles. The summed E-state index contributed by atoms with van der Waals surface area (Å²) in [6.07, 6.45) is 10.1. The van der Waals surface area contributed by atoms with Crippen molar-refractivity contribution in [3.05, 3.63) is 58.7 Å². The molecule has 2 atom stereocenters. The van der Waals surface area contributed by atoms with Crippen LogP contribution in [-0.2, 0) is 4.79 Å². The molecule has 0 bridgehead atoms. The number of aliphatic hydroxyl groups is 2. The van der Waals surface area contributed by atoms with Gasteiger partial charge in [0.25, 0.3) is 0 Å². The van der Waals surface area contributed by atoms with Crippen LogP contribution in [0.15, 0.2) is 42.0 Å². The number of carbonyl (C=O) groups excluding carboxylic acids is 1. The van der Waals surface area contributed by atoms with Crippen LogP contribution in [0.3, 0.4) is 0 Å². The van der Waals surface area contributed by atoms with Gasteiger partial charge in [-0.05, 0) is 50.7 Å². The van der Waals surface area contributed by atoms with Gasteiger partial charge in [-0.3, -0.25) is 4.79 Å². The lowest BCUT2D eigenvalue weighted by atomic mass is 9.83. The van der Waals surface area contributed by atoms with Crippen LogP contribution < -0.4 is 5.32 Å². The first-order chi connectivity index (χ1) is 13.9. The molecule has 2 aliphatic rings. The van der Waals surface area contributed by atoms with E-state index in [9.17, 15) is 15.0 Å². The van der Waals surface area contributed by atoms with E-state index in [1.807, 2.05) is 50.2 Å². The maximum Gasteiger partial charge on any atom is 0.232 e. The molecule has 3 N–H and O–H groups in total. The van der Waals surface area contributed by atoms with Crippen molar-refractivity contribution in [2.45, 2.75) is 25.5 Å². The summed E-state index contributed by atoms with van der Waals surface area (Å²) in [5, 5.41) is 23.5. The molecule has 1 amide bonds. The SMILES string of the molecule is CC1C(=O)N(CCN(C)C)C(O)c2ccc(NCCO)c(/C=C3/C=CC=CC3)c21. The number of nitrogens with one attached hydrogen (secondary N) is 1. The number of amides is 1. The van der Waals surface area contributed by atoms with Gasteiger partial charge in [0.15, 0.2) is 6.23 Å². The number of nitrogens with zero attached hydrogens (tertiary/aromatic N) is 2. The molecule has 3 rings (SSSR count). The van der Waals surface area contributed by atoms with E-state index in [4.69, 9.17) is 0 Å². The summed E-state index contributed by atoms with van der Waals surface area (Å²) < 4.78 is 0. The van der Waals surface area contributed by atoms with E-state index < -0.39 is 6.23 Å². The minimum absolute atomic E-state index is 0.0190. The van der Waals surface area contributed by atoms with Crippen molar-refractivity contribution < 1.29 is 15.0 Å². The van der Waals surface area contributed by atoms with Gasteiger partial charge in [-0.1, -0.05) is 30.4 Å². The normalized spacial score (nSPS) is 22.5. The van der Waals surface area contributed by atoms with Gasteiger partial charge in [0, 0.05) is 36.4 Å². The van der Waals surface area contributed by atoms with Crippen LogP contribution >= 0.6 is 0 Å². The average Bonchev–Trinajstić information content (AvgIpc) is 2.71. The molecule has 0 saturated heterocycles. The van der Waals surface area contributed by atoms with Gasteiger partial charge >= 0.3 is 0 Å². The average molecular weight is 398 g/mol. The third-order valence-electron chi connectivity index (χ3n) is 5.44. The molecule has 0 spiro atoms. The Morgan fingerprint density at radius 2 is 2.10 bits per heavy atom. The van der Waals surface area contributed by atoms with E-state index in [0.717, 1.165) is 34.4 Å². The van der Waals surface area contributed by atoms with Crippen molar-refractivity contribution in [3.8, 4) is 0 Å². The van der Waals surface area contributed by atoms with Crippen molar-refractivity contribution in [1.82, 2.24) is 9.80 Å². The highest BCUT2D eigenvalue weighted by Gasteiger charge is 2.37. The van der Waals surface area contributed by atoms with Crippen LogP contribution in [0.25, 0.3) is 6.08 Å². The van der Waals surface area contributed by atoms with E-state index >= 15 is 0 Å². The van der Waals surface area contributed by atoms with Gasteiger partial charge in [-0.15, -0.1) is 0 Å². The van der Waals surface area contributed by atoms with Crippen molar-refractivity contribution in [2.75, 3.05) is 45.7 Å². The Balaban J connectivity index is 2.07. The Morgan fingerprint density at radius 3 is 2.76 bits per heavy atom. The van der Waals surface area contributed by atoms with Gasteiger partial charge in [0.05, 0.1) is 12.5 Å². The molecule has 6 heteroatoms. The predicted molar refractivity (Wildman–Crippen MR) is 117 cm³/mol. The maximum atomic E-state index is 13.1. The lowest BCUT2D eigenvalue weighted by molar-refractivity contribution is -0.145. The standard InChI is InChI=1S/C23H31N3O3/c1-16-21-18(23(29)26(22(16)28)13-12-25(2)3)9-10-20(24-11-14-27)19(21)15-17-7-5-4-6-8-17/h4-7,9-10,15-16,23-24,27,29H,8,11-14H2,1-3H3/b17-15-. The van der Waals surface area contributed by atoms with Crippen LogP contribution in [0.4, 0.5) is 5.69 Å². The lowest BCUT2D eigenvalue weighted by Gasteiger charge is -2.39. The first kappa shape index (κ1) is 21.3. The molecule has 0 aromatic heterocycles. The zero-order chi connectivity index (χ0) is 21.0. The zero-order valence-corrected chi connectivity index (χ0v) is 17.4. The molecular formula is C23H31N3O3. The first-order valence-electron chi connectivity index (χ1n) is 10.1. The van der Waals surface area contributed by atoms with Gasteiger partial charge in [-0.2, -0.15) is 0 Å². The van der Waals surface area contributed by atoms with Crippen LogP contribution in [0.5, 0.6) is 0 Å². The largest absolute Gasteiger partial charge is 0.395 e. The zero-order valence-electron chi connectivity index (χ0n) is 17.4. The molecule has 6 nitrogen and oxygen atoms in total. The molecule has 0 saturated carbocycles. The second-order valence-corrected chi connectivity index (χ2v) is 7.82. The summed E-state index contributed by atoms with van der Waals surface area (Å²) in [4.78, 5) is 16.7. The molecule has 0 radical (unpaired) electrons. The topological polar surface area (TPSA) is 76.0 Å². The van der Waals surface area contributed by atoms with Crippen molar-refractivity contribution >= 4 is 17.7 Å². The van der Waals surface area contributed by atoms with Crippen molar-refractivity contribution in [1.29, 1.82) is 0 Å². The number of carbonyl (C=O) groups is 1. The van der Waals surface area contributed by atoms with E-state index in [1.54, 1.807) is 4.90 Å². The fraction of sp³-hybridized carbons (Fsp3) is 0.435. The van der Waals surface area contributed by atoms with Crippen molar-refractivity contribution in [2.24, 2.45) is 0 Å². The Kier molecular flexibility index (Phi) is 6.90. The monoisotopic (exact) mass is 397 g/mol. The first-order valence-corrected chi connectivity index (χ1v) is 10.1. The summed E-state index contributed by atoms with van der Waals surface area (Å²) in [5.41, 5.74) is 4.55. The Bertz CT molecular complexity index is 842. The van der Waals surface area contributed by atoms with Gasteiger partial charge in [-0.25, -0.2) is 0 Å². The number of aliphatic hydroxyl groups excluding tert-OH is 2. The van der Waals surface area contributed by atoms with E-state index in [-0.39, 0.29) is 18.4 Å². The summed E-state index contributed by atoms with van der Waals surface area (Å²) in [6, 6.07) is 3.82. The highest BCUT2D eigenvalue weighted by atomic mass is 16.3. The maximum absolute atomic E-state index is 13.1. The lowest BCUT2D eigenvalue weighted by Crippen LogP contribution is -2.45. The highest BCUT2D eigenvalue weighted by molar-refractivity contribution is 5.89. The molecule has 156 valence electrons. The highest BCUT2D eigenvalue weighted by Crippen LogP contribution is 2.41. The second-order valence-electron chi connectivity index (χ2n) is 7.82. The van der Waals surface area contributed by atoms with E-state index in [0.29, 0.717) is 19.6 Å². The molecular weight excluding hydrogens is 366 g/mol. The fourth-order valence-corrected chi connectivity index (χ4v) is 3.89. The van der Waals surface area contributed by atoms with Crippen LogP contribution in [-0.4, -0.2) is 66.3 Å². The number of benzene rings is 1. The van der Waals surface area contributed by atoms with Gasteiger partial charge in [0.2, 0.25) is 5.91 Å². The molecule has 29 heavy (non-hydrogen) atoms. The number of hydrogen-bond donors (Lipinski definition) is 3. The molecule has 1 aliphatic heterocycles. The summed E-state index contributed by atoms with van der Waals surface area (Å²) in [7, 11) is 3.90. The Morgan fingerprint density at radius 1 is 1.31 bits per heavy atom. The number of likely N-dealkylation sites (N-methyl/N-ethyl adjacent to an activating group) is 1. The third kappa shape index (κ3) is 4.61. The number of allylic oxidation sites excluding steroid dienone is 5. The second kappa shape index (κ2) is 9.39. The summed E-state index contributed by atoms with van der Waals surface area (Å²) in [5.74, 6) is -0.425. The quantitative estimate of drug-likeness (QED) is 0.659. The Labute approximate surface area is 172 Å². The molecule has 2 unspecified atom stereocenters. The van der Waals surface area contributed by atoms with Gasteiger partial charge < -0.3 is 25.3 Å². The smallest absolute Gasteiger partial charge is 0.232 e. The van der Waals surface area contributed by atoms with Crippen LogP contribution in [0, 0.1) is 0 Å². The van der Waals surface area contributed by atoms with Gasteiger partial charge in [0.1, 0.15) is 0 Å². The number of anilines is 1. The molecule has 1 aromatic rings. The van der Waals surface area contributed by atoms with E-state index in [1.165, 1.54) is 0 Å². The fourth-order valence-electron chi connectivity index (χ4n) is 3.89. The number of rotatable bonds is 7. The predicted octanol–water partition coefficient (Wildman–Crippen LogP) is 2.49. The summed E-state index contributed by atoms with van der Waals surface area (Å²) >= 11 is 0.